The molecule has 3 aromatic rings. The van der Waals surface area contributed by atoms with Crippen LogP contribution in [0.2, 0.25) is 0 Å². The molecule has 31 heavy (non-hydrogen) atoms. The number of anilines is 1. The molecule has 4 rings (SSSR count). The fourth-order valence-corrected chi connectivity index (χ4v) is 4.50. The van der Waals surface area contributed by atoms with Crippen LogP contribution in [-0.4, -0.2) is 36.1 Å². The molecule has 0 fully saturated rings. The number of fused-ring (bicyclic) bond motifs is 1. The minimum absolute atomic E-state index is 0.0970. The number of esters is 1. The Hall–Kier alpha value is -3.19. The van der Waals surface area contributed by atoms with Crippen LogP contribution in [0.15, 0.2) is 53.9 Å². The number of ether oxygens (including phenoxy) is 2. The minimum atomic E-state index is -0.686. The van der Waals surface area contributed by atoms with Gasteiger partial charge in [-0.05, 0) is 37.1 Å². The van der Waals surface area contributed by atoms with Crippen molar-refractivity contribution in [2.75, 3.05) is 18.1 Å². The summed E-state index contributed by atoms with van der Waals surface area (Å²) < 4.78 is 10.8. The van der Waals surface area contributed by atoms with E-state index in [1.165, 1.54) is 10.5 Å². The van der Waals surface area contributed by atoms with Crippen molar-refractivity contribution >= 4 is 28.9 Å². The summed E-state index contributed by atoms with van der Waals surface area (Å²) in [4.78, 5) is 31.5. The van der Waals surface area contributed by atoms with Gasteiger partial charge in [0.05, 0.1) is 23.0 Å². The molecule has 160 valence electrons. The quantitative estimate of drug-likeness (QED) is 0.511. The number of carbonyl (C=O) groups excluding carboxylic acids is 2. The maximum absolute atomic E-state index is 12.7. The van der Waals surface area contributed by atoms with Crippen LogP contribution in [0.1, 0.15) is 30.8 Å². The molecule has 1 aromatic heterocycles. The van der Waals surface area contributed by atoms with Crippen LogP contribution in [0.25, 0.3) is 11.3 Å². The van der Waals surface area contributed by atoms with Gasteiger partial charge in [-0.25, -0.2) is 9.78 Å². The lowest BCUT2D eigenvalue weighted by Crippen LogP contribution is -2.49. The highest BCUT2D eigenvalue weighted by molar-refractivity contribution is 7.10. The molecule has 0 spiro atoms. The van der Waals surface area contributed by atoms with Gasteiger partial charge in [0.15, 0.2) is 6.61 Å². The van der Waals surface area contributed by atoms with Crippen molar-refractivity contribution in [3.05, 3.63) is 64.5 Å². The molecule has 0 radical (unpaired) electrons. The van der Waals surface area contributed by atoms with Crippen molar-refractivity contribution < 1.29 is 19.1 Å². The summed E-state index contributed by atoms with van der Waals surface area (Å²) in [6.45, 7) is 3.79. The molecule has 0 saturated carbocycles. The van der Waals surface area contributed by atoms with E-state index in [9.17, 15) is 9.59 Å². The molecule has 1 atom stereocenters. The van der Waals surface area contributed by atoms with E-state index in [1.807, 2.05) is 48.7 Å². The summed E-state index contributed by atoms with van der Waals surface area (Å²) in [5, 5.41) is 3.03. The number of rotatable bonds is 7. The molecular formula is C24H24N2O4S. The minimum Gasteiger partial charge on any atom is -0.482 e. The monoisotopic (exact) mass is 436 g/mol. The highest BCUT2D eigenvalue weighted by Crippen LogP contribution is 2.38. The Morgan fingerprint density at radius 3 is 2.77 bits per heavy atom. The Kier molecular flexibility index (Phi) is 6.32. The maximum atomic E-state index is 12.7. The van der Waals surface area contributed by atoms with Gasteiger partial charge in [0.25, 0.3) is 5.91 Å². The van der Waals surface area contributed by atoms with Crippen molar-refractivity contribution in [1.29, 1.82) is 0 Å². The second-order valence-corrected chi connectivity index (χ2v) is 8.14. The number of benzene rings is 2. The zero-order chi connectivity index (χ0) is 21.8. The average molecular weight is 437 g/mol. The van der Waals surface area contributed by atoms with Crippen LogP contribution >= 0.6 is 11.3 Å². The topological polar surface area (TPSA) is 68.7 Å². The van der Waals surface area contributed by atoms with Gasteiger partial charge in [-0.1, -0.05) is 37.3 Å². The van der Waals surface area contributed by atoms with Crippen LogP contribution < -0.4 is 9.64 Å². The second-order valence-electron chi connectivity index (χ2n) is 7.20. The smallest absolute Gasteiger partial charge is 0.329 e. The Balaban J connectivity index is 1.65. The number of hydrogen-bond donors (Lipinski definition) is 0. The molecule has 6 nitrogen and oxygen atoms in total. The predicted octanol–water partition coefficient (Wildman–Crippen LogP) is 4.47. The number of carbonyl (C=O) groups is 2. The molecular weight excluding hydrogens is 412 g/mol. The number of nitrogens with zero attached hydrogens (tertiary/aromatic N) is 2. The SMILES string of the molecule is CCOC(=O)C(CC)N1C(=O)COc2ccc(-c3csc(Cc4ccccc4)n3)cc21. The van der Waals surface area contributed by atoms with Gasteiger partial charge >= 0.3 is 5.97 Å². The fraction of sp³-hybridized carbons (Fsp3) is 0.292. The molecule has 7 heteroatoms. The van der Waals surface area contributed by atoms with E-state index in [-0.39, 0.29) is 19.1 Å². The zero-order valence-electron chi connectivity index (χ0n) is 17.5. The molecule has 1 amide bonds. The van der Waals surface area contributed by atoms with Crippen LogP contribution in [0.5, 0.6) is 5.75 Å². The van der Waals surface area contributed by atoms with Crippen LogP contribution in [0.4, 0.5) is 5.69 Å². The van der Waals surface area contributed by atoms with Gasteiger partial charge in [-0.15, -0.1) is 11.3 Å². The Labute approximate surface area is 185 Å². The first kappa shape index (κ1) is 21.1. The van der Waals surface area contributed by atoms with Crippen molar-refractivity contribution in [3.8, 4) is 17.0 Å². The Morgan fingerprint density at radius 2 is 2.03 bits per heavy atom. The first-order chi connectivity index (χ1) is 15.1. The predicted molar refractivity (Wildman–Crippen MR) is 120 cm³/mol. The number of amides is 1. The average Bonchev–Trinajstić information content (AvgIpc) is 3.25. The first-order valence-corrected chi connectivity index (χ1v) is 11.2. The number of thiazole rings is 1. The lowest BCUT2D eigenvalue weighted by Gasteiger charge is -2.34. The van der Waals surface area contributed by atoms with E-state index < -0.39 is 12.0 Å². The summed E-state index contributed by atoms with van der Waals surface area (Å²) in [5.41, 5.74) is 3.49. The van der Waals surface area contributed by atoms with Crippen molar-refractivity contribution in [2.24, 2.45) is 0 Å². The van der Waals surface area contributed by atoms with E-state index in [2.05, 4.69) is 12.1 Å². The molecule has 0 saturated heterocycles. The van der Waals surface area contributed by atoms with Crippen molar-refractivity contribution in [2.45, 2.75) is 32.7 Å². The third-order valence-corrected chi connectivity index (χ3v) is 5.99. The molecule has 0 bridgehead atoms. The van der Waals surface area contributed by atoms with Crippen LogP contribution in [0.3, 0.4) is 0 Å². The number of aromatic nitrogens is 1. The van der Waals surface area contributed by atoms with E-state index in [0.717, 1.165) is 22.7 Å². The Bertz CT molecular complexity index is 1080. The van der Waals surface area contributed by atoms with Crippen LogP contribution in [0, 0.1) is 0 Å². The van der Waals surface area contributed by atoms with E-state index >= 15 is 0 Å². The van der Waals surface area contributed by atoms with Gasteiger partial charge < -0.3 is 9.47 Å². The molecule has 1 aliphatic heterocycles. The molecule has 0 N–H and O–H groups in total. The lowest BCUT2D eigenvalue weighted by molar-refractivity contribution is -0.146. The van der Waals surface area contributed by atoms with Gasteiger partial charge in [0.2, 0.25) is 0 Å². The summed E-state index contributed by atoms with van der Waals surface area (Å²) >= 11 is 1.60. The highest BCUT2D eigenvalue weighted by Gasteiger charge is 2.36. The molecule has 1 aliphatic rings. The van der Waals surface area contributed by atoms with Gasteiger partial charge in [-0.3, -0.25) is 9.69 Å². The van der Waals surface area contributed by atoms with Crippen LogP contribution in [-0.2, 0) is 20.7 Å². The molecule has 1 unspecified atom stereocenters. The van der Waals surface area contributed by atoms with E-state index in [4.69, 9.17) is 14.5 Å². The van der Waals surface area contributed by atoms with Crippen molar-refractivity contribution in [1.82, 2.24) is 4.98 Å². The normalized spacial score (nSPS) is 14.0. The first-order valence-electron chi connectivity index (χ1n) is 10.3. The number of hydrogen-bond acceptors (Lipinski definition) is 6. The summed E-state index contributed by atoms with van der Waals surface area (Å²) in [6.07, 6.45) is 1.22. The van der Waals surface area contributed by atoms with Gasteiger partial charge in [-0.2, -0.15) is 0 Å². The summed E-state index contributed by atoms with van der Waals surface area (Å²) in [6, 6.07) is 15.2. The third-order valence-electron chi connectivity index (χ3n) is 5.14. The van der Waals surface area contributed by atoms with Gasteiger partial charge in [0.1, 0.15) is 11.8 Å². The third kappa shape index (κ3) is 4.46. The molecule has 0 aliphatic carbocycles. The Morgan fingerprint density at radius 1 is 1.23 bits per heavy atom. The lowest BCUT2D eigenvalue weighted by atomic mass is 10.1. The highest BCUT2D eigenvalue weighted by atomic mass is 32.1. The largest absolute Gasteiger partial charge is 0.482 e. The molecule has 2 heterocycles. The fourth-order valence-electron chi connectivity index (χ4n) is 3.66. The van der Waals surface area contributed by atoms with E-state index in [1.54, 1.807) is 18.3 Å². The summed E-state index contributed by atoms with van der Waals surface area (Å²) in [5.74, 6) is -0.0890. The van der Waals surface area contributed by atoms with Crippen molar-refractivity contribution in [3.63, 3.8) is 0 Å². The van der Waals surface area contributed by atoms with Gasteiger partial charge in [0, 0.05) is 17.4 Å². The second kappa shape index (κ2) is 9.31. The molecule has 2 aromatic carbocycles. The van der Waals surface area contributed by atoms with E-state index in [0.29, 0.717) is 17.9 Å². The zero-order valence-corrected chi connectivity index (χ0v) is 18.4. The maximum Gasteiger partial charge on any atom is 0.329 e. The summed E-state index contributed by atoms with van der Waals surface area (Å²) in [7, 11) is 0. The standard InChI is InChI=1S/C24H24N2O4S/c1-3-19(24(28)29-4-2)26-20-13-17(10-11-21(20)30-14-23(26)27)18-15-31-22(25-18)12-16-8-6-5-7-9-16/h5-11,13,15,19H,3-4,12,14H2,1-2H3.